The average Bonchev–Trinajstić information content (AvgIpc) is 2.58. The van der Waals surface area contributed by atoms with Crippen LogP contribution in [0.2, 0.25) is 0 Å². The average molecular weight is 492 g/mol. The summed E-state index contributed by atoms with van der Waals surface area (Å²) in [6.07, 6.45) is 0.374. The second-order valence-electron chi connectivity index (χ2n) is 6.76. The van der Waals surface area contributed by atoms with Crippen molar-refractivity contribution in [2.45, 2.75) is 46.3 Å². The van der Waals surface area contributed by atoms with Gasteiger partial charge < -0.3 is 25.4 Å². The number of benzene rings is 1. The van der Waals surface area contributed by atoms with Crippen molar-refractivity contribution in [2.75, 3.05) is 26.7 Å². The molecule has 0 aliphatic heterocycles. The van der Waals surface area contributed by atoms with E-state index in [9.17, 15) is 4.79 Å². The molecule has 0 unspecified atom stereocenters. The van der Waals surface area contributed by atoms with Crippen LogP contribution in [0.1, 0.15) is 39.7 Å². The molecule has 0 radical (unpaired) electrons. The number of amides is 1. The number of carbonyl (C=O) groups excluding carboxylic acids is 1. The Morgan fingerprint density at radius 3 is 2.48 bits per heavy atom. The maximum Gasteiger partial charge on any atom is 0.407 e. The van der Waals surface area contributed by atoms with Crippen LogP contribution >= 0.6 is 24.0 Å². The topological polar surface area (TPSA) is 84.0 Å². The van der Waals surface area contributed by atoms with Crippen LogP contribution < -0.4 is 20.7 Å². The predicted molar refractivity (Wildman–Crippen MR) is 120 cm³/mol. The molecule has 0 aliphatic rings. The number of methoxy groups -OCH3 is 1. The van der Waals surface area contributed by atoms with Crippen LogP contribution in [0.5, 0.6) is 5.75 Å². The van der Waals surface area contributed by atoms with Crippen molar-refractivity contribution in [1.82, 2.24) is 16.0 Å². The molecule has 7 nitrogen and oxygen atoms in total. The van der Waals surface area contributed by atoms with Crippen molar-refractivity contribution in [3.05, 3.63) is 29.8 Å². The molecule has 1 aromatic rings. The first-order valence-corrected chi connectivity index (χ1v) is 8.96. The summed E-state index contributed by atoms with van der Waals surface area (Å²) < 4.78 is 10.4. The Bertz CT molecular complexity index is 589. The van der Waals surface area contributed by atoms with E-state index in [-0.39, 0.29) is 24.0 Å². The van der Waals surface area contributed by atoms with Gasteiger partial charge in [0.25, 0.3) is 0 Å². The maximum atomic E-state index is 11.6. The molecule has 0 fully saturated rings. The Balaban J connectivity index is 0.00000676. The van der Waals surface area contributed by atoms with Crippen LogP contribution in [0.15, 0.2) is 29.3 Å². The number of hydrogen-bond acceptors (Lipinski definition) is 4. The normalized spacial score (nSPS) is 11.2. The zero-order valence-electron chi connectivity index (χ0n) is 16.9. The van der Waals surface area contributed by atoms with E-state index in [4.69, 9.17) is 9.47 Å². The lowest BCUT2D eigenvalue weighted by Crippen LogP contribution is -2.39. The largest absolute Gasteiger partial charge is 0.497 e. The molecule has 1 rings (SSSR count). The van der Waals surface area contributed by atoms with Gasteiger partial charge in [0.15, 0.2) is 5.96 Å². The quantitative estimate of drug-likeness (QED) is 0.225. The summed E-state index contributed by atoms with van der Waals surface area (Å²) in [5.74, 6) is 1.57. The molecule has 0 bridgehead atoms. The third-order valence-electron chi connectivity index (χ3n) is 3.21. The molecule has 0 aromatic heterocycles. The molecule has 0 atom stereocenters. The molecule has 1 aromatic carbocycles. The zero-order chi connectivity index (χ0) is 19.4. The molecule has 27 heavy (non-hydrogen) atoms. The van der Waals surface area contributed by atoms with Gasteiger partial charge in [0, 0.05) is 19.6 Å². The molecule has 154 valence electrons. The van der Waals surface area contributed by atoms with Gasteiger partial charge in [-0.1, -0.05) is 12.1 Å². The van der Waals surface area contributed by atoms with Gasteiger partial charge in [-0.3, -0.25) is 0 Å². The molecule has 0 saturated heterocycles. The Morgan fingerprint density at radius 2 is 1.85 bits per heavy atom. The van der Waals surface area contributed by atoms with Crippen molar-refractivity contribution >= 4 is 36.0 Å². The lowest BCUT2D eigenvalue weighted by atomic mass is 10.2. The Labute approximate surface area is 179 Å². The fourth-order valence-electron chi connectivity index (χ4n) is 2.08. The third-order valence-corrected chi connectivity index (χ3v) is 3.21. The van der Waals surface area contributed by atoms with E-state index in [1.807, 2.05) is 52.0 Å². The number of carbonyl (C=O) groups is 1. The number of guanidine groups is 1. The molecule has 0 aliphatic carbocycles. The van der Waals surface area contributed by atoms with Crippen molar-refractivity contribution in [3.63, 3.8) is 0 Å². The fraction of sp³-hybridized carbons (Fsp3) is 0.579. The van der Waals surface area contributed by atoms with Gasteiger partial charge in [0.05, 0.1) is 13.7 Å². The third kappa shape index (κ3) is 12.3. The summed E-state index contributed by atoms with van der Waals surface area (Å²) in [6.45, 7) is 10.1. The van der Waals surface area contributed by atoms with E-state index in [0.717, 1.165) is 30.2 Å². The van der Waals surface area contributed by atoms with E-state index < -0.39 is 11.7 Å². The van der Waals surface area contributed by atoms with Gasteiger partial charge >= 0.3 is 6.09 Å². The first-order chi connectivity index (χ1) is 12.3. The first-order valence-electron chi connectivity index (χ1n) is 8.96. The molecule has 1 amide bonds. The van der Waals surface area contributed by atoms with Gasteiger partial charge in [0.1, 0.15) is 11.4 Å². The smallest absolute Gasteiger partial charge is 0.407 e. The summed E-state index contributed by atoms with van der Waals surface area (Å²) in [7, 11) is 1.65. The van der Waals surface area contributed by atoms with E-state index in [2.05, 4.69) is 20.9 Å². The van der Waals surface area contributed by atoms with Crippen LogP contribution in [0.25, 0.3) is 0 Å². The highest BCUT2D eigenvalue weighted by Crippen LogP contribution is 2.13. The van der Waals surface area contributed by atoms with Crippen molar-refractivity contribution in [1.29, 1.82) is 0 Å². The maximum absolute atomic E-state index is 11.6. The summed E-state index contributed by atoms with van der Waals surface area (Å²) in [4.78, 5) is 16.1. The summed E-state index contributed by atoms with van der Waals surface area (Å²) in [5.41, 5.74) is 0.598. The minimum atomic E-state index is -0.479. The van der Waals surface area contributed by atoms with Gasteiger partial charge in [-0.25, -0.2) is 9.79 Å². The summed E-state index contributed by atoms with van der Waals surface area (Å²) in [5, 5.41) is 9.20. The highest BCUT2D eigenvalue weighted by molar-refractivity contribution is 14.0. The summed E-state index contributed by atoms with van der Waals surface area (Å²) in [6, 6.07) is 7.85. The lowest BCUT2D eigenvalue weighted by Gasteiger charge is -2.19. The van der Waals surface area contributed by atoms with Crippen LogP contribution in [0.4, 0.5) is 4.79 Å². The highest BCUT2D eigenvalue weighted by Gasteiger charge is 2.15. The van der Waals surface area contributed by atoms with Gasteiger partial charge in [-0.2, -0.15) is 0 Å². The number of aliphatic imine (C=N–C) groups is 1. The first kappa shape index (κ1) is 25.3. The second kappa shape index (κ2) is 13.5. The highest BCUT2D eigenvalue weighted by atomic mass is 127. The number of nitrogens with one attached hydrogen (secondary N) is 3. The van der Waals surface area contributed by atoms with Crippen molar-refractivity contribution < 1.29 is 14.3 Å². The zero-order valence-corrected chi connectivity index (χ0v) is 19.3. The monoisotopic (exact) mass is 492 g/mol. The van der Waals surface area contributed by atoms with E-state index in [1.165, 1.54) is 0 Å². The molecule has 0 saturated carbocycles. The Morgan fingerprint density at radius 1 is 1.15 bits per heavy atom. The molecular weight excluding hydrogens is 459 g/mol. The predicted octanol–water partition coefficient (Wildman–Crippen LogP) is 3.28. The lowest BCUT2D eigenvalue weighted by molar-refractivity contribution is 0.0527. The minimum absolute atomic E-state index is 0. The number of nitrogens with zero attached hydrogens (tertiary/aromatic N) is 1. The standard InChI is InChI=1S/C19H32N4O3.HI/c1-6-20-17(23-14-15-9-7-10-16(13-15)25-5)21-11-8-12-22-18(24)26-19(2,3)4;/h7,9-10,13H,6,8,11-12,14H2,1-5H3,(H,22,24)(H2,20,21,23);1H. The number of hydrogen-bond donors (Lipinski definition) is 3. The molecule has 0 spiro atoms. The van der Waals surface area contributed by atoms with Crippen LogP contribution in [-0.4, -0.2) is 44.4 Å². The Kier molecular flexibility index (Phi) is 12.6. The van der Waals surface area contributed by atoms with Gasteiger partial charge in [-0.05, 0) is 51.8 Å². The molecular formula is C19H33IN4O3. The van der Waals surface area contributed by atoms with Crippen LogP contribution in [0, 0.1) is 0 Å². The second-order valence-corrected chi connectivity index (χ2v) is 6.76. The number of halogens is 1. The van der Waals surface area contributed by atoms with Crippen LogP contribution in [-0.2, 0) is 11.3 Å². The number of rotatable bonds is 8. The fourth-order valence-corrected chi connectivity index (χ4v) is 2.08. The van der Waals surface area contributed by atoms with E-state index in [1.54, 1.807) is 7.11 Å². The SMILES string of the molecule is CCNC(=NCc1cccc(OC)c1)NCCCNC(=O)OC(C)(C)C.I. The molecule has 8 heteroatoms. The van der Waals surface area contributed by atoms with Gasteiger partial charge in [-0.15, -0.1) is 24.0 Å². The minimum Gasteiger partial charge on any atom is -0.497 e. The van der Waals surface area contributed by atoms with Crippen molar-refractivity contribution in [3.8, 4) is 5.75 Å². The van der Waals surface area contributed by atoms with Crippen molar-refractivity contribution in [2.24, 2.45) is 4.99 Å². The number of alkyl carbamates (subject to hydrolysis) is 1. The van der Waals surface area contributed by atoms with Gasteiger partial charge in [0.2, 0.25) is 0 Å². The Hall–Kier alpha value is -1.71. The van der Waals surface area contributed by atoms with Crippen LogP contribution in [0.3, 0.4) is 0 Å². The van der Waals surface area contributed by atoms with E-state index in [0.29, 0.717) is 19.6 Å². The number of ether oxygens (including phenoxy) is 2. The molecule has 3 N–H and O–H groups in total. The van der Waals surface area contributed by atoms with E-state index >= 15 is 0 Å². The summed E-state index contributed by atoms with van der Waals surface area (Å²) >= 11 is 0. The molecule has 0 heterocycles.